The van der Waals surface area contributed by atoms with E-state index in [1.165, 1.54) is 44.2 Å². The maximum absolute atomic E-state index is 6.17. The van der Waals surface area contributed by atoms with Gasteiger partial charge >= 0.3 is 0 Å². The molecule has 1 aromatic rings. The van der Waals surface area contributed by atoms with Crippen LogP contribution in [0.3, 0.4) is 0 Å². The molecule has 2 rings (SSSR count). The SMILES string of the molecule is CCCC(CN)(CCC)N1CCc2sccc2C1. The van der Waals surface area contributed by atoms with Crippen molar-refractivity contribution in [2.45, 2.75) is 58.0 Å². The van der Waals surface area contributed by atoms with Crippen LogP contribution in [0.25, 0.3) is 0 Å². The van der Waals surface area contributed by atoms with Crippen LogP contribution in [0.2, 0.25) is 0 Å². The molecule has 0 radical (unpaired) electrons. The average molecular weight is 266 g/mol. The van der Waals surface area contributed by atoms with Crippen molar-refractivity contribution in [3.8, 4) is 0 Å². The van der Waals surface area contributed by atoms with Crippen molar-refractivity contribution in [2.24, 2.45) is 5.73 Å². The Morgan fingerprint density at radius 2 is 2.06 bits per heavy atom. The van der Waals surface area contributed by atoms with E-state index < -0.39 is 0 Å². The Morgan fingerprint density at radius 3 is 2.67 bits per heavy atom. The van der Waals surface area contributed by atoms with E-state index in [9.17, 15) is 0 Å². The molecule has 1 aromatic heterocycles. The molecule has 3 heteroatoms. The highest BCUT2D eigenvalue weighted by molar-refractivity contribution is 7.10. The number of rotatable bonds is 6. The van der Waals surface area contributed by atoms with Crippen LogP contribution in [0, 0.1) is 0 Å². The summed E-state index contributed by atoms with van der Waals surface area (Å²) < 4.78 is 0. The highest BCUT2D eigenvalue weighted by atomic mass is 32.1. The molecule has 0 fully saturated rings. The summed E-state index contributed by atoms with van der Waals surface area (Å²) in [6.07, 6.45) is 6.13. The van der Waals surface area contributed by atoms with E-state index in [-0.39, 0.29) is 5.54 Å². The molecule has 102 valence electrons. The lowest BCUT2D eigenvalue weighted by Gasteiger charge is -2.45. The fourth-order valence-electron chi connectivity index (χ4n) is 3.36. The van der Waals surface area contributed by atoms with Gasteiger partial charge in [0.1, 0.15) is 0 Å². The molecule has 0 atom stereocenters. The Balaban J connectivity index is 2.17. The Hall–Kier alpha value is -0.380. The molecule has 18 heavy (non-hydrogen) atoms. The lowest BCUT2D eigenvalue weighted by Crippen LogP contribution is -2.55. The number of hydrogen-bond acceptors (Lipinski definition) is 3. The van der Waals surface area contributed by atoms with Crippen molar-refractivity contribution < 1.29 is 0 Å². The van der Waals surface area contributed by atoms with Gasteiger partial charge in [0.2, 0.25) is 0 Å². The minimum atomic E-state index is 0.239. The van der Waals surface area contributed by atoms with Gasteiger partial charge in [0.05, 0.1) is 0 Å². The zero-order valence-corrected chi connectivity index (χ0v) is 12.6. The van der Waals surface area contributed by atoms with Gasteiger partial charge in [-0.15, -0.1) is 11.3 Å². The maximum atomic E-state index is 6.17. The molecule has 0 bridgehead atoms. The van der Waals surface area contributed by atoms with Gasteiger partial charge in [0.15, 0.2) is 0 Å². The molecule has 2 heterocycles. The van der Waals surface area contributed by atoms with Crippen molar-refractivity contribution in [3.63, 3.8) is 0 Å². The van der Waals surface area contributed by atoms with E-state index in [0.717, 1.165) is 13.1 Å². The summed E-state index contributed by atoms with van der Waals surface area (Å²) in [4.78, 5) is 4.25. The third-order valence-electron chi connectivity index (χ3n) is 4.29. The van der Waals surface area contributed by atoms with Crippen molar-refractivity contribution in [1.29, 1.82) is 0 Å². The molecule has 0 saturated heterocycles. The molecule has 2 N–H and O–H groups in total. The lowest BCUT2D eigenvalue weighted by molar-refractivity contribution is 0.0616. The first-order valence-corrected chi connectivity index (χ1v) is 8.14. The minimum Gasteiger partial charge on any atom is -0.329 e. The minimum absolute atomic E-state index is 0.239. The number of hydrogen-bond donors (Lipinski definition) is 1. The fraction of sp³-hybridized carbons (Fsp3) is 0.733. The number of thiophene rings is 1. The monoisotopic (exact) mass is 266 g/mol. The van der Waals surface area contributed by atoms with Crippen LogP contribution in [0.5, 0.6) is 0 Å². The van der Waals surface area contributed by atoms with Crippen LogP contribution in [0.1, 0.15) is 50.0 Å². The van der Waals surface area contributed by atoms with Crippen molar-refractivity contribution in [3.05, 3.63) is 21.9 Å². The first-order chi connectivity index (χ1) is 8.75. The van der Waals surface area contributed by atoms with Crippen molar-refractivity contribution >= 4 is 11.3 Å². The maximum Gasteiger partial charge on any atom is 0.0335 e. The van der Waals surface area contributed by atoms with Crippen molar-refractivity contribution in [2.75, 3.05) is 13.1 Å². The Kier molecular flexibility index (Phi) is 4.82. The van der Waals surface area contributed by atoms with E-state index in [4.69, 9.17) is 5.73 Å². The van der Waals surface area contributed by atoms with Gasteiger partial charge < -0.3 is 5.73 Å². The second kappa shape index (κ2) is 6.18. The zero-order valence-electron chi connectivity index (χ0n) is 11.7. The van der Waals surface area contributed by atoms with E-state index >= 15 is 0 Å². The molecule has 0 spiro atoms. The van der Waals surface area contributed by atoms with Crippen LogP contribution in [-0.2, 0) is 13.0 Å². The molecule has 0 unspecified atom stereocenters. The second-order valence-corrected chi connectivity index (χ2v) is 6.47. The van der Waals surface area contributed by atoms with Crippen LogP contribution in [0.15, 0.2) is 11.4 Å². The summed E-state index contributed by atoms with van der Waals surface area (Å²) in [7, 11) is 0. The molecule has 2 nitrogen and oxygen atoms in total. The van der Waals surface area contributed by atoms with E-state index in [2.05, 4.69) is 30.2 Å². The van der Waals surface area contributed by atoms with Gasteiger partial charge in [-0.3, -0.25) is 4.90 Å². The molecule has 0 amide bonds. The smallest absolute Gasteiger partial charge is 0.0335 e. The van der Waals surface area contributed by atoms with Crippen LogP contribution in [-0.4, -0.2) is 23.5 Å². The summed E-state index contributed by atoms with van der Waals surface area (Å²) in [5.41, 5.74) is 7.94. The molecule has 1 aliphatic heterocycles. The van der Waals surface area contributed by atoms with Gasteiger partial charge in [-0.1, -0.05) is 26.7 Å². The lowest BCUT2D eigenvalue weighted by atomic mass is 9.85. The summed E-state index contributed by atoms with van der Waals surface area (Å²) in [5, 5.41) is 2.23. The first-order valence-electron chi connectivity index (χ1n) is 7.26. The van der Waals surface area contributed by atoms with E-state index in [1.54, 1.807) is 4.88 Å². The first kappa shape index (κ1) is 14.0. The fourth-order valence-corrected chi connectivity index (χ4v) is 4.25. The van der Waals surface area contributed by atoms with Gasteiger partial charge in [0, 0.05) is 30.1 Å². The predicted octanol–water partition coefficient (Wildman–Crippen LogP) is 3.40. The molecule has 0 aromatic carbocycles. The van der Waals surface area contributed by atoms with E-state index in [1.807, 2.05) is 11.3 Å². The molecule has 1 aliphatic rings. The third kappa shape index (κ3) is 2.63. The standard InChI is InChI=1S/C15H26N2S/c1-3-7-15(12-16,8-4-2)17-9-5-14-13(11-17)6-10-18-14/h6,10H,3-5,7-9,11-12,16H2,1-2H3. The molecular formula is C15H26N2S. The summed E-state index contributed by atoms with van der Waals surface area (Å²) >= 11 is 1.91. The third-order valence-corrected chi connectivity index (χ3v) is 5.31. The summed E-state index contributed by atoms with van der Waals surface area (Å²) in [5.74, 6) is 0. The van der Waals surface area contributed by atoms with Gasteiger partial charge in [-0.2, -0.15) is 0 Å². The Bertz CT molecular complexity index is 366. The van der Waals surface area contributed by atoms with E-state index in [0.29, 0.717) is 0 Å². The average Bonchev–Trinajstić information content (AvgIpc) is 2.85. The summed E-state index contributed by atoms with van der Waals surface area (Å²) in [6.45, 7) is 7.65. The van der Waals surface area contributed by atoms with Gasteiger partial charge in [-0.25, -0.2) is 0 Å². The van der Waals surface area contributed by atoms with Crippen molar-refractivity contribution in [1.82, 2.24) is 4.90 Å². The Morgan fingerprint density at radius 1 is 1.33 bits per heavy atom. The van der Waals surface area contributed by atoms with Crippen LogP contribution in [0.4, 0.5) is 0 Å². The molecular weight excluding hydrogens is 240 g/mol. The van der Waals surface area contributed by atoms with Gasteiger partial charge in [0.25, 0.3) is 0 Å². The highest BCUT2D eigenvalue weighted by Gasteiger charge is 2.35. The Labute approximate surface area is 115 Å². The van der Waals surface area contributed by atoms with Crippen LogP contribution < -0.4 is 5.73 Å². The summed E-state index contributed by atoms with van der Waals surface area (Å²) in [6, 6.07) is 2.30. The second-order valence-electron chi connectivity index (χ2n) is 5.47. The number of nitrogens with two attached hydrogens (primary N) is 1. The number of nitrogens with zero attached hydrogens (tertiary/aromatic N) is 1. The quantitative estimate of drug-likeness (QED) is 0.855. The predicted molar refractivity (Wildman–Crippen MR) is 80.0 cm³/mol. The normalized spacial score (nSPS) is 16.8. The highest BCUT2D eigenvalue weighted by Crippen LogP contribution is 2.33. The largest absolute Gasteiger partial charge is 0.329 e. The van der Waals surface area contributed by atoms with Crippen LogP contribution >= 0.6 is 11.3 Å². The zero-order chi connectivity index (χ0) is 13.0. The number of fused-ring (bicyclic) bond motifs is 1. The van der Waals surface area contributed by atoms with Gasteiger partial charge in [-0.05, 0) is 36.3 Å². The molecule has 0 saturated carbocycles. The molecule has 0 aliphatic carbocycles. The topological polar surface area (TPSA) is 29.3 Å².